The molecule has 1 N–H and O–H groups in total. The number of nitrogens with one attached hydrogen (secondary N) is 1. The molecule has 1 aromatic carbocycles. The highest BCUT2D eigenvalue weighted by Gasteiger charge is 2.11. The number of hydrogen-bond donors (Lipinski definition) is 1. The summed E-state index contributed by atoms with van der Waals surface area (Å²) in [5.41, 5.74) is 1.75. The molecule has 0 fully saturated rings. The van der Waals surface area contributed by atoms with Crippen LogP contribution in [0, 0.1) is 0 Å². The Morgan fingerprint density at radius 3 is 2.32 bits per heavy atom. The van der Waals surface area contributed by atoms with Gasteiger partial charge < -0.3 is 10.1 Å². The predicted molar refractivity (Wildman–Crippen MR) is 77.4 cm³/mol. The summed E-state index contributed by atoms with van der Waals surface area (Å²) in [6.07, 6.45) is 1.56. The average molecular weight is 257 g/mol. The molecule has 0 unspecified atom stereocenters. The molecule has 0 spiro atoms. The zero-order valence-corrected chi connectivity index (χ0v) is 11.8. The van der Waals surface area contributed by atoms with Gasteiger partial charge in [0.25, 0.3) is 0 Å². The first-order valence-electron chi connectivity index (χ1n) is 6.27. The van der Waals surface area contributed by atoms with Crippen LogP contribution in [0.1, 0.15) is 20.8 Å². The summed E-state index contributed by atoms with van der Waals surface area (Å²) >= 11 is 0. The molecule has 0 amide bonds. The minimum Gasteiger partial charge on any atom is -0.488 e. The predicted octanol–water partition coefficient (Wildman–Crippen LogP) is 3.36. The molecule has 4 heteroatoms. The molecule has 1 heterocycles. The van der Waals surface area contributed by atoms with E-state index in [9.17, 15) is 0 Å². The van der Waals surface area contributed by atoms with Crippen LogP contribution in [0.5, 0.6) is 5.75 Å². The average Bonchev–Trinajstić information content (AvgIpc) is 2.38. The quantitative estimate of drug-likeness (QED) is 0.915. The third-order valence-corrected chi connectivity index (χ3v) is 2.50. The molecule has 2 rings (SSSR count). The van der Waals surface area contributed by atoms with E-state index >= 15 is 0 Å². The van der Waals surface area contributed by atoms with Gasteiger partial charge in [0.15, 0.2) is 0 Å². The van der Waals surface area contributed by atoms with Gasteiger partial charge in [0.1, 0.15) is 23.5 Å². The van der Waals surface area contributed by atoms with Gasteiger partial charge in [-0.15, -0.1) is 0 Å². The van der Waals surface area contributed by atoms with E-state index in [1.54, 1.807) is 6.33 Å². The number of benzene rings is 1. The SMILES string of the molecule is CNc1cc(-c2ccc(OC(C)(C)C)cc2)ncn1. The second-order valence-corrected chi connectivity index (χ2v) is 5.28. The molecule has 4 nitrogen and oxygen atoms in total. The Labute approximate surface area is 113 Å². The van der Waals surface area contributed by atoms with Crippen molar-refractivity contribution in [3.63, 3.8) is 0 Å². The van der Waals surface area contributed by atoms with Crippen molar-refractivity contribution in [3.05, 3.63) is 36.7 Å². The summed E-state index contributed by atoms with van der Waals surface area (Å²) in [5.74, 6) is 1.67. The first kappa shape index (κ1) is 13.3. The van der Waals surface area contributed by atoms with Crippen LogP contribution in [0.4, 0.5) is 5.82 Å². The maximum Gasteiger partial charge on any atom is 0.129 e. The third-order valence-electron chi connectivity index (χ3n) is 2.50. The maximum absolute atomic E-state index is 5.79. The Morgan fingerprint density at radius 2 is 1.74 bits per heavy atom. The lowest BCUT2D eigenvalue weighted by Crippen LogP contribution is -2.22. The summed E-state index contributed by atoms with van der Waals surface area (Å²) < 4.78 is 5.79. The van der Waals surface area contributed by atoms with Gasteiger partial charge in [-0.3, -0.25) is 0 Å². The Balaban J connectivity index is 2.22. The van der Waals surface area contributed by atoms with Gasteiger partial charge in [-0.25, -0.2) is 9.97 Å². The Kier molecular flexibility index (Phi) is 3.69. The number of aromatic nitrogens is 2. The van der Waals surface area contributed by atoms with Crippen LogP contribution in [0.15, 0.2) is 36.7 Å². The minimum absolute atomic E-state index is 0.185. The van der Waals surface area contributed by atoms with Gasteiger partial charge in [0.2, 0.25) is 0 Å². The fourth-order valence-corrected chi connectivity index (χ4v) is 1.70. The van der Waals surface area contributed by atoms with Gasteiger partial charge in [-0.05, 0) is 45.0 Å². The summed E-state index contributed by atoms with van der Waals surface area (Å²) in [6.45, 7) is 6.10. The zero-order chi connectivity index (χ0) is 13.9. The smallest absolute Gasteiger partial charge is 0.129 e. The van der Waals surface area contributed by atoms with E-state index in [1.807, 2.05) is 58.2 Å². The molecule has 0 saturated carbocycles. The van der Waals surface area contributed by atoms with Crippen LogP contribution in [0.2, 0.25) is 0 Å². The molecule has 0 bridgehead atoms. The number of hydrogen-bond acceptors (Lipinski definition) is 4. The maximum atomic E-state index is 5.79. The van der Waals surface area contributed by atoms with Crippen LogP contribution in [-0.4, -0.2) is 22.6 Å². The minimum atomic E-state index is -0.185. The topological polar surface area (TPSA) is 47.0 Å². The fraction of sp³-hybridized carbons (Fsp3) is 0.333. The first-order chi connectivity index (χ1) is 8.98. The van der Waals surface area contributed by atoms with Gasteiger partial charge in [-0.1, -0.05) is 0 Å². The van der Waals surface area contributed by atoms with Crippen LogP contribution >= 0.6 is 0 Å². The van der Waals surface area contributed by atoms with Crippen molar-refractivity contribution in [2.24, 2.45) is 0 Å². The van der Waals surface area contributed by atoms with Crippen molar-refractivity contribution < 1.29 is 4.74 Å². The molecule has 2 aromatic rings. The second-order valence-electron chi connectivity index (χ2n) is 5.28. The number of nitrogens with zero attached hydrogens (tertiary/aromatic N) is 2. The van der Waals surface area contributed by atoms with E-state index in [0.29, 0.717) is 0 Å². The highest BCUT2D eigenvalue weighted by Crippen LogP contribution is 2.24. The number of anilines is 1. The summed E-state index contributed by atoms with van der Waals surface area (Å²) in [4.78, 5) is 8.37. The highest BCUT2D eigenvalue weighted by atomic mass is 16.5. The van der Waals surface area contributed by atoms with Gasteiger partial charge in [0, 0.05) is 18.7 Å². The first-order valence-corrected chi connectivity index (χ1v) is 6.27. The molecule has 0 aliphatic heterocycles. The largest absolute Gasteiger partial charge is 0.488 e. The molecule has 0 saturated heterocycles. The van der Waals surface area contributed by atoms with E-state index in [1.165, 1.54) is 0 Å². The lowest BCUT2D eigenvalue weighted by atomic mass is 10.1. The molecule has 19 heavy (non-hydrogen) atoms. The molecule has 0 aliphatic carbocycles. The van der Waals surface area contributed by atoms with Crippen LogP contribution < -0.4 is 10.1 Å². The molecule has 0 radical (unpaired) electrons. The standard InChI is InChI=1S/C15H19N3O/c1-15(2,3)19-12-7-5-11(6-8-12)13-9-14(16-4)18-10-17-13/h5-10H,1-4H3,(H,16,17,18). The Hall–Kier alpha value is -2.10. The van der Waals surface area contributed by atoms with Crippen LogP contribution in [0.3, 0.4) is 0 Å². The summed E-state index contributed by atoms with van der Waals surface area (Å²) in [7, 11) is 1.84. The third kappa shape index (κ3) is 3.68. The monoisotopic (exact) mass is 257 g/mol. The number of rotatable bonds is 3. The Morgan fingerprint density at radius 1 is 1.05 bits per heavy atom. The van der Waals surface area contributed by atoms with Crippen LogP contribution in [-0.2, 0) is 0 Å². The molecule has 100 valence electrons. The summed E-state index contributed by atoms with van der Waals surface area (Å²) in [6, 6.07) is 9.84. The molecular formula is C15H19N3O. The molecular weight excluding hydrogens is 238 g/mol. The van der Waals surface area contributed by atoms with Crippen molar-refractivity contribution in [1.82, 2.24) is 9.97 Å². The highest BCUT2D eigenvalue weighted by molar-refractivity contribution is 5.62. The van der Waals surface area contributed by atoms with E-state index in [-0.39, 0.29) is 5.60 Å². The Bertz CT molecular complexity index is 544. The van der Waals surface area contributed by atoms with Gasteiger partial charge in [0.05, 0.1) is 5.69 Å². The van der Waals surface area contributed by atoms with E-state index in [2.05, 4.69) is 15.3 Å². The van der Waals surface area contributed by atoms with Crippen molar-refractivity contribution in [1.29, 1.82) is 0 Å². The van der Waals surface area contributed by atoms with E-state index < -0.39 is 0 Å². The fourth-order valence-electron chi connectivity index (χ4n) is 1.70. The normalized spacial score (nSPS) is 11.2. The van der Waals surface area contributed by atoms with Crippen molar-refractivity contribution in [2.45, 2.75) is 26.4 Å². The lowest BCUT2D eigenvalue weighted by Gasteiger charge is -2.21. The van der Waals surface area contributed by atoms with Gasteiger partial charge >= 0.3 is 0 Å². The van der Waals surface area contributed by atoms with Gasteiger partial charge in [-0.2, -0.15) is 0 Å². The molecule has 0 atom stereocenters. The lowest BCUT2D eigenvalue weighted by molar-refractivity contribution is 0.131. The van der Waals surface area contributed by atoms with E-state index in [4.69, 9.17) is 4.74 Å². The van der Waals surface area contributed by atoms with Crippen molar-refractivity contribution in [3.8, 4) is 17.0 Å². The zero-order valence-electron chi connectivity index (χ0n) is 11.8. The van der Waals surface area contributed by atoms with Crippen molar-refractivity contribution >= 4 is 5.82 Å². The van der Waals surface area contributed by atoms with E-state index in [0.717, 1.165) is 22.8 Å². The number of ether oxygens (including phenoxy) is 1. The van der Waals surface area contributed by atoms with Crippen molar-refractivity contribution in [2.75, 3.05) is 12.4 Å². The van der Waals surface area contributed by atoms with Crippen LogP contribution in [0.25, 0.3) is 11.3 Å². The molecule has 1 aromatic heterocycles. The summed E-state index contributed by atoms with van der Waals surface area (Å²) in [5, 5.41) is 3.00. The molecule has 0 aliphatic rings. The second kappa shape index (κ2) is 5.26.